The van der Waals surface area contributed by atoms with Crippen molar-refractivity contribution in [3.63, 3.8) is 0 Å². The lowest BCUT2D eigenvalue weighted by molar-refractivity contribution is 0.102. The van der Waals surface area contributed by atoms with Gasteiger partial charge in [-0.1, -0.05) is 11.2 Å². The number of anilines is 3. The zero-order chi connectivity index (χ0) is 18.0. The van der Waals surface area contributed by atoms with Crippen molar-refractivity contribution in [2.75, 3.05) is 10.6 Å². The van der Waals surface area contributed by atoms with Crippen molar-refractivity contribution in [1.29, 1.82) is 0 Å². The normalized spacial score (nSPS) is 10.6. The summed E-state index contributed by atoms with van der Waals surface area (Å²) in [5, 5.41) is 9.73. The molecule has 0 bridgehead atoms. The number of aryl methyl sites for hydroxylation is 4. The molecule has 0 radical (unpaired) electrons. The van der Waals surface area contributed by atoms with Crippen molar-refractivity contribution in [2.45, 2.75) is 27.7 Å². The van der Waals surface area contributed by atoms with Gasteiger partial charge < -0.3 is 15.2 Å². The predicted molar refractivity (Wildman–Crippen MR) is 95.2 cm³/mol. The molecule has 2 aromatic heterocycles. The topological polar surface area (TPSA) is 92.9 Å². The van der Waals surface area contributed by atoms with Crippen molar-refractivity contribution >= 4 is 23.2 Å². The van der Waals surface area contributed by atoms with Crippen LogP contribution < -0.4 is 10.6 Å². The molecule has 0 fully saturated rings. The first-order valence-electron chi connectivity index (χ1n) is 7.85. The maximum absolute atomic E-state index is 12.5. The van der Waals surface area contributed by atoms with E-state index >= 15 is 0 Å². The Labute approximate surface area is 145 Å². The minimum absolute atomic E-state index is 0.273. The Balaban J connectivity index is 1.82. The van der Waals surface area contributed by atoms with E-state index in [9.17, 15) is 4.79 Å². The highest BCUT2D eigenvalue weighted by atomic mass is 16.5. The van der Waals surface area contributed by atoms with Crippen molar-refractivity contribution in [1.82, 2.24) is 15.1 Å². The second-order valence-electron chi connectivity index (χ2n) is 5.96. The average Bonchev–Trinajstić information content (AvgIpc) is 2.90. The number of hydrogen-bond donors (Lipinski definition) is 2. The minimum atomic E-state index is -0.296. The van der Waals surface area contributed by atoms with Gasteiger partial charge in [-0.15, -0.1) is 0 Å². The average molecular weight is 337 g/mol. The summed E-state index contributed by atoms with van der Waals surface area (Å²) in [6, 6.07) is 9.20. The molecule has 0 aliphatic heterocycles. The second kappa shape index (κ2) is 6.72. The SMILES string of the molecule is Cc1cc(C)cc(NC(=O)c2cc(Nc3cc(C)on3)nc(C)n2)c1. The van der Waals surface area contributed by atoms with E-state index in [4.69, 9.17) is 4.52 Å². The molecule has 0 saturated carbocycles. The summed E-state index contributed by atoms with van der Waals surface area (Å²) < 4.78 is 5.01. The van der Waals surface area contributed by atoms with E-state index in [1.807, 2.05) is 32.0 Å². The molecule has 3 rings (SSSR count). The molecule has 7 nitrogen and oxygen atoms in total. The van der Waals surface area contributed by atoms with Gasteiger partial charge in [0.2, 0.25) is 0 Å². The van der Waals surface area contributed by atoms with E-state index in [2.05, 4.69) is 25.8 Å². The quantitative estimate of drug-likeness (QED) is 0.754. The zero-order valence-electron chi connectivity index (χ0n) is 14.5. The molecule has 2 N–H and O–H groups in total. The first-order chi connectivity index (χ1) is 11.9. The van der Waals surface area contributed by atoms with Crippen LogP contribution in [-0.2, 0) is 0 Å². The second-order valence-corrected chi connectivity index (χ2v) is 5.96. The Kier molecular flexibility index (Phi) is 4.47. The van der Waals surface area contributed by atoms with Crippen LogP contribution in [0.3, 0.4) is 0 Å². The highest BCUT2D eigenvalue weighted by molar-refractivity contribution is 6.03. The molecule has 0 unspecified atom stereocenters. The molecular formula is C18H19N5O2. The Bertz CT molecular complexity index is 913. The summed E-state index contributed by atoms with van der Waals surface area (Å²) in [5.41, 5.74) is 3.17. The summed E-state index contributed by atoms with van der Waals surface area (Å²) in [6.45, 7) is 7.50. The van der Waals surface area contributed by atoms with Gasteiger partial charge >= 0.3 is 0 Å². The first-order valence-corrected chi connectivity index (χ1v) is 7.85. The molecule has 1 amide bonds. The van der Waals surface area contributed by atoms with Crippen LogP contribution in [0.5, 0.6) is 0 Å². The highest BCUT2D eigenvalue weighted by Crippen LogP contribution is 2.17. The van der Waals surface area contributed by atoms with E-state index < -0.39 is 0 Å². The van der Waals surface area contributed by atoms with Crippen LogP contribution in [0.2, 0.25) is 0 Å². The van der Waals surface area contributed by atoms with Crippen LogP contribution in [0.25, 0.3) is 0 Å². The van der Waals surface area contributed by atoms with E-state index in [1.54, 1.807) is 26.0 Å². The summed E-state index contributed by atoms with van der Waals surface area (Å²) in [6.07, 6.45) is 0. The van der Waals surface area contributed by atoms with Crippen LogP contribution in [0.1, 0.15) is 33.2 Å². The molecule has 2 heterocycles. The smallest absolute Gasteiger partial charge is 0.274 e. The van der Waals surface area contributed by atoms with Gasteiger partial charge in [-0.3, -0.25) is 4.79 Å². The number of nitrogens with zero attached hydrogens (tertiary/aromatic N) is 3. The van der Waals surface area contributed by atoms with Crippen LogP contribution in [0.4, 0.5) is 17.3 Å². The molecule has 0 atom stereocenters. The van der Waals surface area contributed by atoms with Crippen molar-refractivity contribution in [3.8, 4) is 0 Å². The Hall–Kier alpha value is -3.22. The summed E-state index contributed by atoms with van der Waals surface area (Å²) in [5.74, 6) is 1.87. The van der Waals surface area contributed by atoms with E-state index in [0.29, 0.717) is 23.2 Å². The molecule has 7 heteroatoms. The van der Waals surface area contributed by atoms with Crippen LogP contribution in [0, 0.1) is 27.7 Å². The number of carbonyl (C=O) groups excluding carboxylic acids is 1. The monoisotopic (exact) mass is 337 g/mol. The Morgan fingerprint density at radius 2 is 1.64 bits per heavy atom. The fraction of sp³-hybridized carbons (Fsp3) is 0.222. The van der Waals surface area contributed by atoms with Gasteiger partial charge in [0, 0.05) is 17.8 Å². The molecule has 128 valence electrons. The largest absolute Gasteiger partial charge is 0.360 e. The minimum Gasteiger partial charge on any atom is -0.360 e. The maximum atomic E-state index is 12.5. The fourth-order valence-corrected chi connectivity index (χ4v) is 2.55. The van der Waals surface area contributed by atoms with Gasteiger partial charge in [0.25, 0.3) is 5.91 Å². The molecule has 0 aliphatic rings. The third kappa shape index (κ3) is 4.20. The highest BCUT2D eigenvalue weighted by Gasteiger charge is 2.12. The maximum Gasteiger partial charge on any atom is 0.274 e. The number of nitrogens with one attached hydrogen (secondary N) is 2. The van der Waals surface area contributed by atoms with Crippen molar-refractivity contribution < 1.29 is 9.32 Å². The number of rotatable bonds is 4. The number of hydrogen-bond acceptors (Lipinski definition) is 6. The molecule has 25 heavy (non-hydrogen) atoms. The standard InChI is InChI=1S/C18H19N5O2/c1-10-5-11(2)7-14(6-10)21-18(24)15-9-16(20-13(4)19-15)22-17-8-12(3)25-23-17/h5-9H,1-4H3,(H,21,24)(H,19,20,22,23). The molecule has 0 spiro atoms. The van der Waals surface area contributed by atoms with Gasteiger partial charge in [0.05, 0.1) is 0 Å². The number of amides is 1. The number of benzene rings is 1. The third-order valence-corrected chi connectivity index (χ3v) is 3.43. The van der Waals surface area contributed by atoms with Crippen LogP contribution >= 0.6 is 0 Å². The van der Waals surface area contributed by atoms with Gasteiger partial charge in [-0.2, -0.15) is 0 Å². The van der Waals surface area contributed by atoms with Gasteiger partial charge in [0.1, 0.15) is 23.1 Å². The first kappa shape index (κ1) is 16.6. The van der Waals surface area contributed by atoms with Crippen LogP contribution in [-0.4, -0.2) is 21.0 Å². The molecular weight excluding hydrogens is 318 g/mol. The lowest BCUT2D eigenvalue weighted by Gasteiger charge is -2.09. The van der Waals surface area contributed by atoms with Gasteiger partial charge in [0.15, 0.2) is 5.82 Å². The fourth-order valence-electron chi connectivity index (χ4n) is 2.55. The van der Waals surface area contributed by atoms with Crippen LogP contribution in [0.15, 0.2) is 34.9 Å². The lowest BCUT2D eigenvalue weighted by Crippen LogP contribution is -2.15. The van der Waals surface area contributed by atoms with E-state index in [0.717, 1.165) is 16.8 Å². The van der Waals surface area contributed by atoms with Crippen molar-refractivity contribution in [3.05, 3.63) is 58.7 Å². The van der Waals surface area contributed by atoms with Gasteiger partial charge in [-0.05, 0) is 51.0 Å². The van der Waals surface area contributed by atoms with E-state index in [1.165, 1.54) is 0 Å². The van der Waals surface area contributed by atoms with E-state index in [-0.39, 0.29) is 11.6 Å². The van der Waals surface area contributed by atoms with Gasteiger partial charge in [-0.25, -0.2) is 9.97 Å². The predicted octanol–water partition coefficient (Wildman–Crippen LogP) is 3.69. The molecule has 0 saturated heterocycles. The number of aromatic nitrogens is 3. The molecule has 1 aromatic carbocycles. The summed E-state index contributed by atoms with van der Waals surface area (Å²) >= 11 is 0. The Morgan fingerprint density at radius 3 is 2.28 bits per heavy atom. The number of carbonyl (C=O) groups is 1. The molecule has 3 aromatic rings. The summed E-state index contributed by atoms with van der Waals surface area (Å²) in [4.78, 5) is 21.0. The third-order valence-electron chi connectivity index (χ3n) is 3.43. The lowest BCUT2D eigenvalue weighted by atomic mass is 10.1. The Morgan fingerprint density at radius 1 is 0.920 bits per heavy atom. The molecule has 0 aliphatic carbocycles. The summed E-state index contributed by atoms with van der Waals surface area (Å²) in [7, 11) is 0. The zero-order valence-corrected chi connectivity index (χ0v) is 14.5. The van der Waals surface area contributed by atoms with Crippen molar-refractivity contribution in [2.24, 2.45) is 0 Å².